The Balaban J connectivity index is 1.71. The van der Waals surface area contributed by atoms with Gasteiger partial charge in [0.15, 0.2) is 0 Å². The second-order valence-corrected chi connectivity index (χ2v) is 6.69. The smallest absolute Gasteiger partial charge is 0.238 e. The molecule has 2 saturated heterocycles. The summed E-state index contributed by atoms with van der Waals surface area (Å²) in [5.74, 6) is 3.49. The average molecular weight is 254 g/mol. The van der Waals surface area contributed by atoms with Gasteiger partial charge in [0.1, 0.15) is 0 Å². The first-order valence-corrected chi connectivity index (χ1v) is 8.14. The van der Waals surface area contributed by atoms with Crippen molar-refractivity contribution in [2.45, 2.75) is 50.7 Å². The first-order chi connectivity index (χ1) is 8.36. The first-order valence-electron chi connectivity index (χ1n) is 6.98. The molecule has 3 rings (SSSR count). The number of nitrogens with zero attached hydrogens (tertiary/aromatic N) is 1. The van der Waals surface area contributed by atoms with E-state index in [9.17, 15) is 4.79 Å². The van der Waals surface area contributed by atoms with Crippen LogP contribution in [0.3, 0.4) is 0 Å². The van der Waals surface area contributed by atoms with Gasteiger partial charge in [-0.2, -0.15) is 11.8 Å². The Morgan fingerprint density at radius 3 is 2.71 bits per heavy atom. The molecule has 17 heavy (non-hydrogen) atoms. The van der Waals surface area contributed by atoms with Crippen molar-refractivity contribution in [2.24, 2.45) is 5.92 Å². The Labute approximate surface area is 108 Å². The highest BCUT2D eigenvalue weighted by molar-refractivity contribution is 7.99. The number of nitrogens with one attached hydrogen (secondary N) is 1. The summed E-state index contributed by atoms with van der Waals surface area (Å²) >= 11 is 2.01. The molecule has 2 atom stereocenters. The predicted octanol–water partition coefficient (Wildman–Crippen LogP) is 1.83. The quantitative estimate of drug-likeness (QED) is 0.816. The Morgan fingerprint density at radius 1 is 1.18 bits per heavy atom. The van der Waals surface area contributed by atoms with Gasteiger partial charge in [-0.3, -0.25) is 10.1 Å². The molecule has 3 fully saturated rings. The third-order valence-electron chi connectivity index (χ3n) is 4.43. The Hall–Kier alpha value is -0.220. The maximum atomic E-state index is 12.1. The molecule has 1 amide bonds. The zero-order chi connectivity index (χ0) is 11.7. The molecule has 2 heterocycles. The molecule has 3 aliphatic rings. The van der Waals surface area contributed by atoms with Crippen molar-refractivity contribution in [3.05, 3.63) is 0 Å². The third-order valence-corrected chi connectivity index (χ3v) is 5.62. The molecule has 2 aliphatic heterocycles. The summed E-state index contributed by atoms with van der Waals surface area (Å²) in [7, 11) is 0. The highest BCUT2D eigenvalue weighted by Crippen LogP contribution is 2.34. The lowest BCUT2D eigenvalue weighted by atomic mass is 10.0. The van der Waals surface area contributed by atoms with E-state index < -0.39 is 0 Å². The van der Waals surface area contributed by atoms with Crippen LogP contribution in [0.2, 0.25) is 0 Å². The standard InChI is InChI=1S/C13H22N2OS/c16-12-8-14-13(10-4-1-2-5-10)15(12)11-6-3-7-17-9-11/h10-11,13-14H,1-9H2. The molecule has 0 spiro atoms. The number of hydrogen-bond donors (Lipinski definition) is 1. The number of rotatable bonds is 2. The monoisotopic (exact) mass is 254 g/mol. The van der Waals surface area contributed by atoms with Crippen LogP contribution < -0.4 is 5.32 Å². The van der Waals surface area contributed by atoms with Crippen LogP contribution in [0.25, 0.3) is 0 Å². The molecule has 2 unspecified atom stereocenters. The van der Waals surface area contributed by atoms with Crippen LogP contribution in [0.1, 0.15) is 38.5 Å². The molecule has 0 aromatic rings. The molecule has 3 nitrogen and oxygen atoms in total. The molecular formula is C13H22N2OS. The third kappa shape index (κ3) is 2.34. The zero-order valence-electron chi connectivity index (χ0n) is 10.4. The lowest BCUT2D eigenvalue weighted by Gasteiger charge is -2.37. The second-order valence-electron chi connectivity index (χ2n) is 5.54. The molecule has 0 aromatic heterocycles. The summed E-state index contributed by atoms with van der Waals surface area (Å²) < 4.78 is 0. The Morgan fingerprint density at radius 2 is 2.00 bits per heavy atom. The van der Waals surface area contributed by atoms with Gasteiger partial charge in [0.25, 0.3) is 0 Å². The minimum absolute atomic E-state index is 0.342. The van der Waals surface area contributed by atoms with Gasteiger partial charge in [0, 0.05) is 11.8 Å². The maximum absolute atomic E-state index is 12.1. The van der Waals surface area contributed by atoms with E-state index in [1.54, 1.807) is 0 Å². The molecule has 96 valence electrons. The van der Waals surface area contributed by atoms with E-state index in [0.717, 1.165) is 5.75 Å². The van der Waals surface area contributed by atoms with Crippen molar-refractivity contribution in [2.75, 3.05) is 18.1 Å². The molecule has 0 radical (unpaired) electrons. The van der Waals surface area contributed by atoms with Crippen LogP contribution in [0, 0.1) is 5.92 Å². The number of hydrogen-bond acceptors (Lipinski definition) is 3. The van der Waals surface area contributed by atoms with E-state index >= 15 is 0 Å². The molecule has 4 heteroatoms. The van der Waals surface area contributed by atoms with Crippen molar-refractivity contribution in [3.8, 4) is 0 Å². The number of carbonyl (C=O) groups is 1. The van der Waals surface area contributed by atoms with Gasteiger partial charge >= 0.3 is 0 Å². The van der Waals surface area contributed by atoms with Gasteiger partial charge < -0.3 is 4.90 Å². The molecule has 0 aromatic carbocycles. The van der Waals surface area contributed by atoms with Crippen LogP contribution in [-0.2, 0) is 4.79 Å². The number of amides is 1. The normalized spacial score (nSPS) is 35.8. The number of thioether (sulfide) groups is 1. The van der Waals surface area contributed by atoms with Crippen LogP contribution in [0.15, 0.2) is 0 Å². The summed E-state index contributed by atoms with van der Waals surface area (Å²) in [6.45, 7) is 0.572. The minimum Gasteiger partial charge on any atom is -0.322 e. The van der Waals surface area contributed by atoms with E-state index in [2.05, 4.69) is 10.2 Å². The largest absolute Gasteiger partial charge is 0.322 e. The van der Waals surface area contributed by atoms with Gasteiger partial charge in [-0.25, -0.2) is 0 Å². The maximum Gasteiger partial charge on any atom is 0.238 e. The molecule has 1 N–H and O–H groups in total. The summed E-state index contributed by atoms with van der Waals surface area (Å²) in [6.07, 6.45) is 8.16. The Kier molecular flexibility index (Phi) is 3.61. The molecular weight excluding hydrogens is 232 g/mol. The molecule has 1 saturated carbocycles. The van der Waals surface area contributed by atoms with Crippen molar-refractivity contribution < 1.29 is 4.79 Å². The zero-order valence-corrected chi connectivity index (χ0v) is 11.2. The SMILES string of the molecule is O=C1CNC(C2CCCC2)N1C1CCCSC1. The van der Waals surface area contributed by atoms with Crippen molar-refractivity contribution in [1.82, 2.24) is 10.2 Å². The van der Waals surface area contributed by atoms with E-state index in [0.29, 0.717) is 30.6 Å². The van der Waals surface area contributed by atoms with Crippen LogP contribution in [-0.4, -0.2) is 41.1 Å². The van der Waals surface area contributed by atoms with Crippen LogP contribution in [0.4, 0.5) is 0 Å². The fourth-order valence-electron chi connectivity index (χ4n) is 3.58. The van der Waals surface area contributed by atoms with Gasteiger partial charge in [-0.1, -0.05) is 12.8 Å². The minimum atomic E-state index is 0.342. The van der Waals surface area contributed by atoms with E-state index in [-0.39, 0.29) is 0 Å². The van der Waals surface area contributed by atoms with Crippen molar-refractivity contribution in [3.63, 3.8) is 0 Å². The molecule has 0 bridgehead atoms. The van der Waals surface area contributed by atoms with E-state index in [4.69, 9.17) is 0 Å². The Bertz CT molecular complexity index is 285. The second kappa shape index (κ2) is 5.19. The summed E-state index contributed by atoms with van der Waals surface area (Å²) in [6, 6.07) is 0.502. The fraction of sp³-hybridized carbons (Fsp3) is 0.923. The summed E-state index contributed by atoms with van der Waals surface area (Å²) in [4.78, 5) is 14.3. The summed E-state index contributed by atoms with van der Waals surface area (Å²) in [5.41, 5.74) is 0. The fourth-order valence-corrected chi connectivity index (χ4v) is 4.71. The van der Waals surface area contributed by atoms with E-state index in [1.165, 1.54) is 44.3 Å². The topological polar surface area (TPSA) is 32.3 Å². The first kappa shape index (κ1) is 11.8. The van der Waals surface area contributed by atoms with Crippen LogP contribution >= 0.6 is 11.8 Å². The van der Waals surface area contributed by atoms with Gasteiger partial charge in [0.05, 0.1) is 12.7 Å². The summed E-state index contributed by atoms with van der Waals surface area (Å²) in [5, 5.41) is 3.46. The van der Waals surface area contributed by atoms with Gasteiger partial charge in [-0.15, -0.1) is 0 Å². The van der Waals surface area contributed by atoms with Crippen LogP contribution in [0.5, 0.6) is 0 Å². The van der Waals surface area contributed by atoms with Crippen molar-refractivity contribution >= 4 is 17.7 Å². The highest BCUT2D eigenvalue weighted by Gasteiger charge is 2.41. The highest BCUT2D eigenvalue weighted by atomic mass is 32.2. The predicted molar refractivity (Wildman–Crippen MR) is 70.9 cm³/mol. The number of carbonyl (C=O) groups excluding carboxylic acids is 1. The lowest BCUT2D eigenvalue weighted by Crippen LogP contribution is -2.49. The average Bonchev–Trinajstić information content (AvgIpc) is 2.98. The van der Waals surface area contributed by atoms with Gasteiger partial charge in [-0.05, 0) is 37.4 Å². The molecule has 1 aliphatic carbocycles. The van der Waals surface area contributed by atoms with Gasteiger partial charge in [0.2, 0.25) is 5.91 Å². The van der Waals surface area contributed by atoms with Crippen molar-refractivity contribution in [1.29, 1.82) is 0 Å². The van der Waals surface area contributed by atoms with E-state index in [1.807, 2.05) is 11.8 Å². The lowest BCUT2D eigenvalue weighted by molar-refractivity contribution is -0.130.